The van der Waals surface area contributed by atoms with Gasteiger partial charge in [0, 0.05) is 37.6 Å². The smallest absolute Gasteiger partial charge is 0.410 e. The Morgan fingerprint density at radius 2 is 1.93 bits per heavy atom. The van der Waals surface area contributed by atoms with Gasteiger partial charge in [-0.25, -0.2) is 4.79 Å². The van der Waals surface area contributed by atoms with Gasteiger partial charge in [-0.1, -0.05) is 6.07 Å². The molecule has 166 valence electrons. The van der Waals surface area contributed by atoms with E-state index in [0.717, 1.165) is 24.5 Å². The number of rotatable bonds is 7. The second-order valence-corrected chi connectivity index (χ2v) is 8.75. The number of hydrogen-bond acceptors (Lipinski definition) is 4. The van der Waals surface area contributed by atoms with E-state index >= 15 is 0 Å². The molecule has 8 heteroatoms. The molecular weight excluding hydrogens is 481 g/mol. The van der Waals surface area contributed by atoms with E-state index in [2.05, 4.69) is 41.4 Å². The molecule has 0 fully saturated rings. The summed E-state index contributed by atoms with van der Waals surface area (Å²) < 4.78 is 5.56. The number of hydrogen-bond donors (Lipinski definition) is 2. The first-order valence-corrected chi connectivity index (χ1v) is 9.93. The molecule has 2 N–H and O–H groups in total. The first kappa shape index (κ1) is 27.4. The number of pyridine rings is 1. The highest BCUT2D eigenvalue weighted by Gasteiger charge is 2.22. The van der Waals surface area contributed by atoms with Crippen LogP contribution in [-0.4, -0.2) is 52.7 Å². The van der Waals surface area contributed by atoms with Gasteiger partial charge in [-0.15, -0.1) is 24.0 Å². The summed E-state index contributed by atoms with van der Waals surface area (Å²) in [5.74, 6) is 0.783. The normalized spacial score (nSPS) is 12.0. The summed E-state index contributed by atoms with van der Waals surface area (Å²) in [7, 11) is 0. The van der Waals surface area contributed by atoms with Crippen LogP contribution in [0.5, 0.6) is 0 Å². The van der Waals surface area contributed by atoms with Crippen molar-refractivity contribution < 1.29 is 9.53 Å². The lowest BCUT2D eigenvalue weighted by Crippen LogP contribution is -2.47. The summed E-state index contributed by atoms with van der Waals surface area (Å²) in [6.07, 6.45) is 3.91. The van der Waals surface area contributed by atoms with Gasteiger partial charge in [0.1, 0.15) is 5.60 Å². The first-order valence-electron chi connectivity index (χ1n) is 9.93. The highest BCUT2D eigenvalue weighted by Crippen LogP contribution is 2.13. The predicted molar refractivity (Wildman–Crippen MR) is 130 cm³/mol. The second-order valence-electron chi connectivity index (χ2n) is 8.75. The molecule has 0 spiro atoms. The molecule has 0 saturated heterocycles. The van der Waals surface area contributed by atoms with Crippen LogP contribution in [0.25, 0.3) is 0 Å². The van der Waals surface area contributed by atoms with Crippen molar-refractivity contribution in [2.24, 2.45) is 4.99 Å². The molecule has 0 aromatic carbocycles. The van der Waals surface area contributed by atoms with Crippen LogP contribution in [-0.2, 0) is 11.3 Å². The van der Waals surface area contributed by atoms with Gasteiger partial charge in [-0.05, 0) is 66.5 Å². The van der Waals surface area contributed by atoms with E-state index in [-0.39, 0.29) is 35.6 Å². The Bertz CT molecular complexity index is 624. The summed E-state index contributed by atoms with van der Waals surface area (Å²) in [4.78, 5) is 23.1. The fraction of sp³-hybridized carbons (Fsp3) is 0.667. The summed E-state index contributed by atoms with van der Waals surface area (Å²) in [6.45, 7) is 16.4. The molecule has 1 aromatic rings. The zero-order valence-corrected chi connectivity index (χ0v) is 21.2. The monoisotopic (exact) mass is 519 g/mol. The van der Waals surface area contributed by atoms with Crippen LogP contribution in [0.4, 0.5) is 4.79 Å². The van der Waals surface area contributed by atoms with Gasteiger partial charge in [0.05, 0.1) is 6.54 Å². The molecule has 0 saturated carbocycles. The standard InChI is InChI=1S/C21H37N5O2.HI/c1-8-23-18(25-20(2,3)4)24-13-10-14-26(19(27)28-21(5,6)7)16-17-11-9-12-22-15-17;/h9,11-12,15H,8,10,13-14,16H2,1-7H3,(H2,23,24,25);1H. The molecule has 0 atom stereocenters. The Morgan fingerprint density at radius 1 is 1.24 bits per heavy atom. The third-order valence-corrected chi connectivity index (χ3v) is 3.44. The predicted octanol–water partition coefficient (Wildman–Crippen LogP) is 4.18. The van der Waals surface area contributed by atoms with Crippen molar-refractivity contribution in [1.82, 2.24) is 20.5 Å². The van der Waals surface area contributed by atoms with Gasteiger partial charge in [0.25, 0.3) is 0 Å². The Kier molecular flexibility index (Phi) is 12.2. The van der Waals surface area contributed by atoms with Crippen LogP contribution >= 0.6 is 24.0 Å². The fourth-order valence-electron chi connectivity index (χ4n) is 2.39. The lowest BCUT2D eigenvalue weighted by atomic mass is 10.1. The highest BCUT2D eigenvalue weighted by atomic mass is 127. The maximum atomic E-state index is 12.6. The minimum Gasteiger partial charge on any atom is -0.444 e. The van der Waals surface area contributed by atoms with E-state index in [1.54, 1.807) is 17.3 Å². The van der Waals surface area contributed by atoms with E-state index in [4.69, 9.17) is 4.74 Å². The van der Waals surface area contributed by atoms with Crippen molar-refractivity contribution in [3.63, 3.8) is 0 Å². The number of amides is 1. The lowest BCUT2D eigenvalue weighted by molar-refractivity contribution is 0.0232. The molecule has 29 heavy (non-hydrogen) atoms. The fourth-order valence-corrected chi connectivity index (χ4v) is 2.39. The molecule has 1 aromatic heterocycles. The van der Waals surface area contributed by atoms with Crippen molar-refractivity contribution >= 4 is 36.0 Å². The molecule has 0 aliphatic rings. The van der Waals surface area contributed by atoms with E-state index < -0.39 is 5.60 Å². The molecule has 7 nitrogen and oxygen atoms in total. The topological polar surface area (TPSA) is 78.9 Å². The third kappa shape index (κ3) is 13.3. The molecular formula is C21H38IN5O2. The number of carbonyl (C=O) groups excluding carboxylic acids is 1. The molecule has 1 rings (SSSR count). The van der Waals surface area contributed by atoms with Gasteiger partial charge in [-0.2, -0.15) is 0 Å². The first-order chi connectivity index (χ1) is 13.0. The Hall–Kier alpha value is -1.58. The Balaban J connectivity index is 0.00000784. The van der Waals surface area contributed by atoms with Crippen molar-refractivity contribution in [1.29, 1.82) is 0 Å². The van der Waals surface area contributed by atoms with Crippen LogP contribution in [0.1, 0.15) is 60.5 Å². The number of halogens is 1. The van der Waals surface area contributed by atoms with E-state index in [9.17, 15) is 4.79 Å². The van der Waals surface area contributed by atoms with E-state index in [0.29, 0.717) is 19.6 Å². The molecule has 0 radical (unpaired) electrons. The average Bonchev–Trinajstić information content (AvgIpc) is 2.55. The number of ether oxygens (including phenoxy) is 1. The quantitative estimate of drug-likeness (QED) is 0.245. The van der Waals surface area contributed by atoms with Crippen LogP contribution in [0.15, 0.2) is 29.5 Å². The average molecular weight is 519 g/mol. The minimum absolute atomic E-state index is 0. The molecule has 1 amide bonds. The van der Waals surface area contributed by atoms with Crippen LogP contribution in [0.2, 0.25) is 0 Å². The van der Waals surface area contributed by atoms with Crippen LogP contribution in [0.3, 0.4) is 0 Å². The summed E-state index contributed by atoms with van der Waals surface area (Å²) >= 11 is 0. The van der Waals surface area contributed by atoms with Gasteiger partial charge in [0.2, 0.25) is 0 Å². The summed E-state index contributed by atoms with van der Waals surface area (Å²) in [5.41, 5.74) is 0.376. The molecule has 0 bridgehead atoms. The zero-order chi connectivity index (χ0) is 21.2. The number of guanidine groups is 1. The molecule has 0 aliphatic carbocycles. The SMILES string of the molecule is CCNC(=NCCCN(Cc1cccnc1)C(=O)OC(C)(C)C)NC(C)(C)C.I. The largest absolute Gasteiger partial charge is 0.444 e. The van der Waals surface area contributed by atoms with Gasteiger partial charge in [0.15, 0.2) is 5.96 Å². The number of aliphatic imine (C=N–C) groups is 1. The van der Waals surface area contributed by atoms with Crippen molar-refractivity contribution in [2.45, 2.75) is 72.6 Å². The summed E-state index contributed by atoms with van der Waals surface area (Å²) in [6, 6.07) is 3.83. The van der Waals surface area contributed by atoms with Crippen molar-refractivity contribution in [3.05, 3.63) is 30.1 Å². The minimum atomic E-state index is -0.530. The molecule has 1 heterocycles. The number of aromatic nitrogens is 1. The number of nitrogens with zero attached hydrogens (tertiary/aromatic N) is 3. The van der Waals surface area contributed by atoms with E-state index in [1.807, 2.05) is 39.8 Å². The third-order valence-electron chi connectivity index (χ3n) is 3.44. The molecule has 0 aliphatic heterocycles. The van der Waals surface area contributed by atoms with Gasteiger partial charge >= 0.3 is 6.09 Å². The maximum absolute atomic E-state index is 12.6. The van der Waals surface area contributed by atoms with Crippen molar-refractivity contribution in [3.8, 4) is 0 Å². The van der Waals surface area contributed by atoms with Crippen molar-refractivity contribution in [2.75, 3.05) is 19.6 Å². The van der Waals surface area contributed by atoms with Gasteiger partial charge < -0.3 is 20.3 Å². The van der Waals surface area contributed by atoms with Crippen LogP contribution in [0, 0.1) is 0 Å². The Morgan fingerprint density at radius 3 is 2.45 bits per heavy atom. The molecule has 0 unspecified atom stereocenters. The number of carbonyl (C=O) groups is 1. The van der Waals surface area contributed by atoms with E-state index in [1.165, 1.54) is 0 Å². The highest BCUT2D eigenvalue weighted by molar-refractivity contribution is 14.0. The Labute approximate surface area is 193 Å². The zero-order valence-electron chi connectivity index (χ0n) is 18.9. The van der Waals surface area contributed by atoms with Gasteiger partial charge in [-0.3, -0.25) is 9.98 Å². The number of nitrogens with one attached hydrogen (secondary N) is 2. The maximum Gasteiger partial charge on any atom is 0.410 e. The summed E-state index contributed by atoms with van der Waals surface area (Å²) in [5, 5.41) is 6.61. The second kappa shape index (κ2) is 12.9. The lowest BCUT2D eigenvalue weighted by Gasteiger charge is -2.27. The van der Waals surface area contributed by atoms with Crippen LogP contribution < -0.4 is 10.6 Å².